The van der Waals surface area contributed by atoms with Crippen molar-refractivity contribution in [2.24, 2.45) is 0 Å². The molecular formula is C12H12N4S. The highest BCUT2D eigenvalue weighted by Gasteiger charge is 2.14. The number of fused-ring (bicyclic) bond motifs is 1. The smallest absolute Gasteiger partial charge is 0.241 e. The molecule has 86 valence electrons. The van der Waals surface area contributed by atoms with Gasteiger partial charge in [0, 0.05) is 10.4 Å². The summed E-state index contributed by atoms with van der Waals surface area (Å²) in [4.78, 5) is 6.23. The van der Waals surface area contributed by atoms with Crippen molar-refractivity contribution >= 4 is 22.2 Å². The highest BCUT2D eigenvalue weighted by atomic mass is 32.1. The van der Waals surface area contributed by atoms with Gasteiger partial charge in [-0.1, -0.05) is 35.1 Å². The van der Waals surface area contributed by atoms with Gasteiger partial charge < -0.3 is 5.73 Å². The molecule has 17 heavy (non-hydrogen) atoms. The van der Waals surface area contributed by atoms with E-state index in [1.807, 2.05) is 10.6 Å². The lowest BCUT2D eigenvalue weighted by molar-refractivity contribution is 0.987. The fourth-order valence-electron chi connectivity index (χ4n) is 1.98. The number of hydrogen-bond donors (Lipinski definition) is 1. The summed E-state index contributed by atoms with van der Waals surface area (Å²) in [5.41, 5.74) is 9.09. The minimum Gasteiger partial charge on any atom is -0.366 e. The molecule has 1 aromatic carbocycles. The number of rotatable bonds is 1. The van der Waals surface area contributed by atoms with Gasteiger partial charge in [-0.2, -0.15) is 4.98 Å². The first kappa shape index (κ1) is 10.3. The van der Waals surface area contributed by atoms with E-state index in [1.54, 1.807) is 11.3 Å². The largest absolute Gasteiger partial charge is 0.366 e. The molecule has 0 fully saturated rings. The molecule has 0 amide bonds. The van der Waals surface area contributed by atoms with Crippen LogP contribution in [0.4, 0.5) is 5.95 Å². The normalized spacial score (nSPS) is 11.2. The van der Waals surface area contributed by atoms with Crippen LogP contribution < -0.4 is 5.73 Å². The molecule has 2 heterocycles. The predicted molar refractivity (Wildman–Crippen MR) is 70.2 cm³/mol. The number of nitrogens with two attached hydrogens (primary N) is 1. The number of nitrogen functional groups attached to an aromatic ring is 1. The van der Waals surface area contributed by atoms with Crippen molar-refractivity contribution in [2.75, 3.05) is 5.73 Å². The highest BCUT2D eigenvalue weighted by Crippen LogP contribution is 2.30. The molecule has 0 saturated carbocycles. The number of thiazole rings is 1. The van der Waals surface area contributed by atoms with E-state index in [0.29, 0.717) is 5.95 Å². The monoisotopic (exact) mass is 244 g/mol. The van der Waals surface area contributed by atoms with Crippen LogP contribution in [-0.2, 0) is 0 Å². The summed E-state index contributed by atoms with van der Waals surface area (Å²) < 4.78 is 1.82. The van der Waals surface area contributed by atoms with Crippen LogP contribution in [0.25, 0.3) is 16.2 Å². The fourth-order valence-corrected chi connectivity index (χ4v) is 2.91. The van der Waals surface area contributed by atoms with Gasteiger partial charge in [0.25, 0.3) is 0 Å². The standard InChI is InChI=1S/C12H12N4S/c1-7-4-3-5-9(6-7)10-8(2)17-12-14-11(13)15-16(10)12/h3-6H,1-2H3,(H2,13,15). The fraction of sp³-hybridized carbons (Fsp3) is 0.167. The van der Waals surface area contributed by atoms with Crippen molar-refractivity contribution in [1.82, 2.24) is 14.6 Å². The maximum atomic E-state index is 5.63. The Kier molecular flexibility index (Phi) is 2.16. The van der Waals surface area contributed by atoms with Crippen LogP contribution >= 0.6 is 11.3 Å². The lowest BCUT2D eigenvalue weighted by Gasteiger charge is -2.02. The SMILES string of the molecule is Cc1cccc(-c2c(C)sc3nc(N)nn23)c1. The maximum Gasteiger partial charge on any atom is 0.241 e. The van der Waals surface area contributed by atoms with E-state index in [-0.39, 0.29) is 0 Å². The topological polar surface area (TPSA) is 56.2 Å². The Labute approximate surface area is 103 Å². The van der Waals surface area contributed by atoms with Crippen molar-refractivity contribution in [2.45, 2.75) is 13.8 Å². The Morgan fingerprint density at radius 1 is 1.29 bits per heavy atom. The number of nitrogens with zero attached hydrogens (tertiary/aromatic N) is 3. The third-order valence-electron chi connectivity index (χ3n) is 2.68. The van der Waals surface area contributed by atoms with Crippen LogP contribution in [0.1, 0.15) is 10.4 Å². The third kappa shape index (κ3) is 1.59. The van der Waals surface area contributed by atoms with Gasteiger partial charge in [0.05, 0.1) is 5.69 Å². The van der Waals surface area contributed by atoms with Crippen molar-refractivity contribution in [3.63, 3.8) is 0 Å². The molecule has 0 saturated heterocycles. The second kappa shape index (κ2) is 3.56. The van der Waals surface area contributed by atoms with Crippen LogP contribution in [0.15, 0.2) is 24.3 Å². The van der Waals surface area contributed by atoms with Gasteiger partial charge in [0.1, 0.15) is 0 Å². The van der Waals surface area contributed by atoms with E-state index in [4.69, 9.17) is 5.73 Å². The molecule has 0 aliphatic carbocycles. The zero-order valence-electron chi connectivity index (χ0n) is 9.64. The molecule has 0 atom stereocenters. The van der Waals surface area contributed by atoms with E-state index in [2.05, 4.69) is 42.1 Å². The summed E-state index contributed by atoms with van der Waals surface area (Å²) in [5.74, 6) is 0.324. The number of hydrogen-bond acceptors (Lipinski definition) is 4. The summed E-state index contributed by atoms with van der Waals surface area (Å²) in [5, 5.41) is 4.23. The van der Waals surface area contributed by atoms with E-state index >= 15 is 0 Å². The van der Waals surface area contributed by atoms with Crippen molar-refractivity contribution in [1.29, 1.82) is 0 Å². The first-order valence-electron chi connectivity index (χ1n) is 5.34. The summed E-state index contributed by atoms with van der Waals surface area (Å²) in [7, 11) is 0. The van der Waals surface area contributed by atoms with Crippen molar-refractivity contribution in [3.8, 4) is 11.3 Å². The zero-order valence-corrected chi connectivity index (χ0v) is 10.5. The van der Waals surface area contributed by atoms with Gasteiger partial charge in [0.15, 0.2) is 0 Å². The first-order valence-corrected chi connectivity index (χ1v) is 6.15. The molecule has 2 N–H and O–H groups in total. The van der Waals surface area contributed by atoms with Gasteiger partial charge in [-0.05, 0) is 19.9 Å². The molecule has 0 aliphatic rings. The summed E-state index contributed by atoms with van der Waals surface area (Å²) in [6, 6.07) is 8.36. The summed E-state index contributed by atoms with van der Waals surface area (Å²) in [6.45, 7) is 4.16. The van der Waals surface area contributed by atoms with Gasteiger partial charge >= 0.3 is 0 Å². The lowest BCUT2D eigenvalue weighted by Crippen LogP contribution is -1.93. The Morgan fingerprint density at radius 2 is 2.12 bits per heavy atom. The van der Waals surface area contributed by atoms with Gasteiger partial charge in [-0.15, -0.1) is 5.10 Å². The highest BCUT2D eigenvalue weighted by molar-refractivity contribution is 7.17. The molecule has 3 aromatic rings. The van der Waals surface area contributed by atoms with Crippen LogP contribution in [0.2, 0.25) is 0 Å². The Morgan fingerprint density at radius 3 is 2.88 bits per heavy atom. The number of aromatic nitrogens is 3. The van der Waals surface area contributed by atoms with E-state index in [9.17, 15) is 0 Å². The van der Waals surface area contributed by atoms with Gasteiger partial charge in [-0.3, -0.25) is 0 Å². The van der Waals surface area contributed by atoms with Crippen molar-refractivity contribution in [3.05, 3.63) is 34.7 Å². The first-order chi connectivity index (χ1) is 8.15. The quantitative estimate of drug-likeness (QED) is 0.716. The van der Waals surface area contributed by atoms with Crippen LogP contribution in [0, 0.1) is 13.8 Å². The predicted octanol–water partition coefficient (Wildman–Crippen LogP) is 2.66. The van der Waals surface area contributed by atoms with Crippen molar-refractivity contribution < 1.29 is 0 Å². The molecule has 4 nitrogen and oxygen atoms in total. The van der Waals surface area contributed by atoms with E-state index in [1.165, 1.54) is 10.4 Å². The molecule has 3 rings (SSSR count). The van der Waals surface area contributed by atoms with Crippen LogP contribution in [0.5, 0.6) is 0 Å². The summed E-state index contributed by atoms with van der Waals surface area (Å²) in [6.07, 6.45) is 0. The summed E-state index contributed by atoms with van der Waals surface area (Å²) >= 11 is 1.61. The molecule has 2 aromatic heterocycles. The number of anilines is 1. The average Bonchev–Trinajstić information content (AvgIpc) is 2.72. The molecule has 0 spiro atoms. The zero-order chi connectivity index (χ0) is 12.0. The number of aryl methyl sites for hydroxylation is 2. The Balaban J connectivity index is 2.32. The molecular weight excluding hydrogens is 232 g/mol. The molecule has 0 bridgehead atoms. The van der Waals surface area contributed by atoms with Gasteiger partial charge in [0.2, 0.25) is 10.9 Å². The van der Waals surface area contributed by atoms with Crippen LogP contribution in [0.3, 0.4) is 0 Å². The average molecular weight is 244 g/mol. The maximum absolute atomic E-state index is 5.63. The molecule has 0 radical (unpaired) electrons. The second-order valence-electron chi connectivity index (χ2n) is 4.04. The van der Waals surface area contributed by atoms with E-state index < -0.39 is 0 Å². The third-order valence-corrected chi connectivity index (χ3v) is 3.62. The molecule has 5 heteroatoms. The van der Waals surface area contributed by atoms with Gasteiger partial charge in [-0.25, -0.2) is 4.52 Å². The van der Waals surface area contributed by atoms with Crippen LogP contribution in [-0.4, -0.2) is 14.6 Å². The second-order valence-corrected chi connectivity index (χ2v) is 5.22. The molecule has 0 unspecified atom stereocenters. The minimum absolute atomic E-state index is 0.324. The minimum atomic E-state index is 0.324. The lowest BCUT2D eigenvalue weighted by atomic mass is 10.1. The Hall–Kier alpha value is -1.88. The Bertz CT molecular complexity index is 696. The van der Waals surface area contributed by atoms with E-state index in [0.717, 1.165) is 16.2 Å². The molecule has 0 aliphatic heterocycles. The number of benzene rings is 1.